The van der Waals surface area contributed by atoms with Crippen LogP contribution in [0.15, 0.2) is 47.6 Å². The Labute approximate surface area is 230 Å². The summed E-state index contributed by atoms with van der Waals surface area (Å²) in [7, 11) is 1.76. The van der Waals surface area contributed by atoms with Gasteiger partial charge >= 0.3 is 0 Å². The van der Waals surface area contributed by atoms with Crippen molar-refractivity contribution in [3.05, 3.63) is 64.7 Å². The molecule has 0 saturated heterocycles. The molecule has 8 heteroatoms. The van der Waals surface area contributed by atoms with E-state index in [4.69, 9.17) is 16.6 Å². The maximum Gasteiger partial charge on any atom is 0.202 e. The van der Waals surface area contributed by atoms with Crippen LogP contribution in [0.5, 0.6) is 0 Å². The summed E-state index contributed by atoms with van der Waals surface area (Å²) in [4.78, 5) is 28.9. The van der Waals surface area contributed by atoms with E-state index in [-0.39, 0.29) is 17.4 Å². The molecule has 2 aromatic heterocycles. The summed E-state index contributed by atoms with van der Waals surface area (Å²) in [5, 5.41) is 0.474. The van der Waals surface area contributed by atoms with Crippen LogP contribution >= 0.6 is 11.6 Å². The molecule has 0 saturated carbocycles. The van der Waals surface area contributed by atoms with Gasteiger partial charge in [-0.3, -0.25) is 9.98 Å². The van der Waals surface area contributed by atoms with Gasteiger partial charge in [0.25, 0.3) is 0 Å². The van der Waals surface area contributed by atoms with Gasteiger partial charge < -0.3 is 9.69 Å². The van der Waals surface area contributed by atoms with Crippen LogP contribution in [0.3, 0.4) is 0 Å². The SMILES string of the molecule is CC[B]C(=O)C(C)CN(CCC(C)CC)c1cnc2ccc(C3=C(c4cc(Cl)ccc4F)CC=N3)nc2c1. The van der Waals surface area contributed by atoms with E-state index in [1.807, 2.05) is 38.2 Å². The number of carbonyl (C=O) groups excluding carboxylic acids is 1. The number of allylic oxidation sites excluding steroid dienone is 1. The first-order chi connectivity index (χ1) is 18.3. The van der Waals surface area contributed by atoms with Crippen LogP contribution in [0.4, 0.5) is 10.1 Å². The van der Waals surface area contributed by atoms with Gasteiger partial charge in [0.05, 0.1) is 40.0 Å². The number of aromatic nitrogens is 2. The Balaban J connectivity index is 1.70. The molecule has 2 atom stereocenters. The smallest absolute Gasteiger partial charge is 0.202 e. The molecule has 0 fully saturated rings. The molecular weight excluding hydrogens is 498 g/mol. The number of fused-ring (bicyclic) bond motifs is 1. The first-order valence-electron chi connectivity index (χ1n) is 13.4. The number of anilines is 1. The quantitative estimate of drug-likeness (QED) is 0.230. The maximum atomic E-state index is 14.7. The molecule has 0 spiro atoms. The highest BCUT2D eigenvalue weighted by Crippen LogP contribution is 2.35. The molecule has 4 rings (SSSR count). The number of aliphatic imine (C=N–C) groups is 1. The van der Waals surface area contributed by atoms with Crippen LogP contribution in [0.2, 0.25) is 11.3 Å². The van der Waals surface area contributed by atoms with E-state index in [0.717, 1.165) is 48.0 Å². The fraction of sp³-hybridized carbons (Fsp3) is 0.400. The van der Waals surface area contributed by atoms with E-state index in [1.165, 1.54) is 6.07 Å². The zero-order chi connectivity index (χ0) is 27.2. The van der Waals surface area contributed by atoms with Gasteiger partial charge in [0.2, 0.25) is 7.28 Å². The maximum absolute atomic E-state index is 14.7. The van der Waals surface area contributed by atoms with Gasteiger partial charge in [-0.05, 0) is 54.3 Å². The summed E-state index contributed by atoms with van der Waals surface area (Å²) in [6.07, 6.45) is 7.01. The van der Waals surface area contributed by atoms with E-state index in [2.05, 4.69) is 28.7 Å². The predicted octanol–water partition coefficient (Wildman–Crippen LogP) is 7.31. The Morgan fingerprint density at radius 3 is 2.74 bits per heavy atom. The lowest BCUT2D eigenvalue weighted by molar-refractivity contribution is -0.114. The first-order valence-corrected chi connectivity index (χ1v) is 13.8. The second kappa shape index (κ2) is 12.7. The van der Waals surface area contributed by atoms with Crippen LogP contribution < -0.4 is 4.90 Å². The van der Waals surface area contributed by atoms with E-state index < -0.39 is 0 Å². The minimum Gasteiger partial charge on any atom is -0.370 e. The predicted molar refractivity (Wildman–Crippen MR) is 158 cm³/mol. The Bertz CT molecular complexity index is 1380. The van der Waals surface area contributed by atoms with E-state index >= 15 is 0 Å². The standard InChI is InChI=1S/C30H34BClFN4O/c1-5-19(3)12-14-37(18-20(4)30(38)31-6-2)22-16-28-26(35-17-22)9-10-27(36-28)29-23(11-13-34-29)24-15-21(32)7-8-25(24)33/h7-10,13,15-17,19-20H,5-6,11-12,14,18H2,1-4H3. The lowest BCUT2D eigenvalue weighted by atomic mass is 9.66. The highest BCUT2D eigenvalue weighted by Gasteiger charge is 2.21. The number of nitrogens with zero attached hydrogens (tertiary/aromatic N) is 4. The van der Waals surface area contributed by atoms with Gasteiger partial charge in [-0.25, -0.2) is 9.37 Å². The van der Waals surface area contributed by atoms with Crippen molar-refractivity contribution in [1.82, 2.24) is 9.97 Å². The lowest BCUT2D eigenvalue weighted by Crippen LogP contribution is -2.35. The number of benzene rings is 1. The van der Waals surface area contributed by atoms with Crippen molar-refractivity contribution in [3.63, 3.8) is 0 Å². The largest absolute Gasteiger partial charge is 0.370 e. The highest BCUT2D eigenvalue weighted by atomic mass is 35.5. The van der Waals surface area contributed by atoms with Crippen molar-refractivity contribution in [2.24, 2.45) is 16.8 Å². The highest BCUT2D eigenvalue weighted by molar-refractivity contribution is 6.74. The summed E-state index contributed by atoms with van der Waals surface area (Å²) < 4.78 is 14.7. The van der Waals surface area contributed by atoms with Crippen molar-refractivity contribution >= 4 is 58.8 Å². The van der Waals surface area contributed by atoms with Crippen molar-refractivity contribution < 1.29 is 9.18 Å². The molecule has 0 amide bonds. The van der Waals surface area contributed by atoms with E-state index in [1.54, 1.807) is 25.6 Å². The normalized spacial score (nSPS) is 14.7. The van der Waals surface area contributed by atoms with Gasteiger partial charge in [-0.15, -0.1) is 0 Å². The van der Waals surface area contributed by atoms with Crippen LogP contribution in [-0.2, 0) is 4.79 Å². The van der Waals surface area contributed by atoms with Gasteiger partial charge in [-0.1, -0.05) is 52.0 Å². The minimum absolute atomic E-state index is 0.116. The number of carbonyl (C=O) groups is 1. The topological polar surface area (TPSA) is 58.5 Å². The molecule has 5 nitrogen and oxygen atoms in total. The lowest BCUT2D eigenvalue weighted by Gasteiger charge is -2.28. The fourth-order valence-corrected chi connectivity index (χ4v) is 4.79. The zero-order valence-corrected chi connectivity index (χ0v) is 23.3. The van der Waals surface area contributed by atoms with Crippen LogP contribution in [0.25, 0.3) is 22.3 Å². The molecule has 3 heterocycles. The van der Waals surface area contributed by atoms with Crippen molar-refractivity contribution in [1.29, 1.82) is 0 Å². The zero-order valence-electron chi connectivity index (χ0n) is 22.5. The Morgan fingerprint density at radius 1 is 1.16 bits per heavy atom. The van der Waals surface area contributed by atoms with E-state index in [9.17, 15) is 9.18 Å². The first kappa shape index (κ1) is 28.0. The third-order valence-corrected chi connectivity index (χ3v) is 7.39. The molecule has 1 aromatic carbocycles. The minimum atomic E-state index is -0.335. The molecule has 3 aromatic rings. The second-order valence-electron chi connectivity index (χ2n) is 10.1. The molecule has 2 unspecified atom stereocenters. The molecule has 197 valence electrons. The monoisotopic (exact) mass is 531 g/mol. The average Bonchev–Trinajstić information content (AvgIpc) is 3.41. The van der Waals surface area contributed by atoms with Gasteiger partial charge in [-0.2, -0.15) is 0 Å². The molecule has 0 N–H and O–H groups in total. The average molecular weight is 532 g/mol. The molecule has 38 heavy (non-hydrogen) atoms. The summed E-state index contributed by atoms with van der Waals surface area (Å²) in [6.45, 7) is 9.87. The van der Waals surface area contributed by atoms with Gasteiger partial charge in [0.1, 0.15) is 5.82 Å². The third-order valence-electron chi connectivity index (χ3n) is 7.16. The number of hydrogen-bond donors (Lipinski definition) is 0. The molecular formula is C30H34BClFN4O. The summed E-state index contributed by atoms with van der Waals surface area (Å²) in [5.74, 6) is 0.134. The molecule has 1 aliphatic rings. The number of pyridine rings is 2. The van der Waals surface area contributed by atoms with E-state index in [0.29, 0.717) is 40.9 Å². The number of rotatable bonds is 12. The number of hydrogen-bond acceptors (Lipinski definition) is 5. The Morgan fingerprint density at radius 2 is 1.97 bits per heavy atom. The molecule has 0 bridgehead atoms. The van der Waals surface area contributed by atoms with Crippen LogP contribution in [0, 0.1) is 17.7 Å². The molecule has 1 aliphatic heterocycles. The summed E-state index contributed by atoms with van der Waals surface area (Å²) >= 11 is 6.16. The van der Waals surface area contributed by atoms with Crippen LogP contribution in [0.1, 0.15) is 58.2 Å². The fourth-order valence-electron chi connectivity index (χ4n) is 4.62. The molecule has 0 aliphatic carbocycles. The second-order valence-corrected chi connectivity index (χ2v) is 10.5. The third kappa shape index (κ3) is 6.50. The Kier molecular flexibility index (Phi) is 9.32. The van der Waals surface area contributed by atoms with Crippen LogP contribution in [-0.4, -0.2) is 42.2 Å². The summed E-state index contributed by atoms with van der Waals surface area (Å²) in [6, 6.07) is 10.4. The van der Waals surface area contributed by atoms with Crippen molar-refractivity contribution in [3.8, 4) is 0 Å². The van der Waals surface area contributed by atoms with Gasteiger partial charge in [0.15, 0.2) is 0 Å². The summed E-state index contributed by atoms with van der Waals surface area (Å²) in [5.41, 5.74) is 5.10. The van der Waals surface area contributed by atoms with Crippen molar-refractivity contribution in [2.45, 2.75) is 53.3 Å². The van der Waals surface area contributed by atoms with Crippen molar-refractivity contribution in [2.75, 3.05) is 18.0 Å². The molecule has 1 radical (unpaired) electrons. The van der Waals surface area contributed by atoms with Gasteiger partial charge in [0, 0.05) is 42.2 Å². The number of halogens is 2. The Hall–Kier alpha value is -3.06.